The predicted octanol–water partition coefficient (Wildman–Crippen LogP) is 4.29. The van der Waals surface area contributed by atoms with Crippen molar-refractivity contribution in [2.24, 2.45) is 11.3 Å². The number of hydrogen-bond donors (Lipinski definition) is 3. The largest absolute Gasteiger partial charge is 0.479 e. The molecule has 2 fully saturated rings. The first-order chi connectivity index (χ1) is 22.4. The van der Waals surface area contributed by atoms with Crippen LogP contribution < -0.4 is 15.4 Å². The summed E-state index contributed by atoms with van der Waals surface area (Å²) >= 11 is 1.48. The fraction of sp³-hybridized carbons (Fsp3) is 0.353. The van der Waals surface area contributed by atoms with Gasteiger partial charge in [-0.1, -0.05) is 45.0 Å². The number of rotatable bonds is 10. The molecular formula is C34H35N5O7S. The number of furan rings is 1. The number of aromatic nitrogens is 2. The number of benzene rings is 1. The van der Waals surface area contributed by atoms with Gasteiger partial charge in [0.25, 0.3) is 5.91 Å². The maximum absolute atomic E-state index is 14.4. The van der Waals surface area contributed by atoms with Crippen molar-refractivity contribution in [1.29, 1.82) is 0 Å². The van der Waals surface area contributed by atoms with Gasteiger partial charge in [0.05, 0.1) is 34.3 Å². The second-order valence-corrected chi connectivity index (χ2v) is 13.9. The van der Waals surface area contributed by atoms with Crippen LogP contribution in [0.5, 0.6) is 5.88 Å². The van der Waals surface area contributed by atoms with E-state index in [0.29, 0.717) is 16.7 Å². The number of thiophene rings is 1. The molecule has 1 aliphatic carbocycles. The van der Waals surface area contributed by atoms with Gasteiger partial charge in [-0.2, -0.15) is 0 Å². The number of para-hydroxylation sites is 2. The van der Waals surface area contributed by atoms with E-state index in [0.717, 1.165) is 4.88 Å². The van der Waals surface area contributed by atoms with Crippen LogP contribution in [0.3, 0.4) is 0 Å². The third-order valence-corrected chi connectivity index (χ3v) is 9.50. The van der Waals surface area contributed by atoms with Crippen LogP contribution in [0.1, 0.15) is 44.0 Å². The van der Waals surface area contributed by atoms with Gasteiger partial charge in [0, 0.05) is 12.3 Å². The number of carboxylic acid groups (broad SMARTS) is 1. The maximum atomic E-state index is 14.4. The molecular weight excluding hydrogens is 622 g/mol. The molecule has 4 heterocycles. The number of amides is 3. The Morgan fingerprint density at radius 2 is 1.89 bits per heavy atom. The Labute approximate surface area is 274 Å². The van der Waals surface area contributed by atoms with Crippen molar-refractivity contribution in [2.45, 2.75) is 57.3 Å². The molecule has 6 rings (SSSR count). The molecule has 3 amide bonds. The third-order valence-electron chi connectivity index (χ3n) is 8.62. The van der Waals surface area contributed by atoms with Crippen molar-refractivity contribution in [2.75, 3.05) is 6.54 Å². The van der Waals surface area contributed by atoms with Crippen LogP contribution in [0, 0.1) is 11.3 Å². The summed E-state index contributed by atoms with van der Waals surface area (Å²) in [5, 5.41) is 17.4. The molecule has 1 saturated heterocycles. The second kappa shape index (κ2) is 12.3. The summed E-state index contributed by atoms with van der Waals surface area (Å²) in [4.78, 5) is 65.3. The van der Waals surface area contributed by atoms with Gasteiger partial charge in [-0.25, -0.2) is 14.8 Å². The Bertz CT molecular complexity index is 1830. The van der Waals surface area contributed by atoms with Gasteiger partial charge >= 0.3 is 5.97 Å². The molecule has 1 saturated carbocycles. The monoisotopic (exact) mass is 657 g/mol. The minimum absolute atomic E-state index is 0.0194. The lowest BCUT2D eigenvalue weighted by atomic mass is 9.85. The number of carbonyl (C=O) groups excluding carboxylic acids is 3. The van der Waals surface area contributed by atoms with Gasteiger partial charge in [-0.15, -0.1) is 17.9 Å². The number of nitrogens with one attached hydrogen (secondary N) is 2. The Morgan fingerprint density at radius 1 is 1.15 bits per heavy atom. The molecule has 3 aromatic heterocycles. The van der Waals surface area contributed by atoms with E-state index in [1.165, 1.54) is 40.9 Å². The number of ether oxygens (including phenoxy) is 1. The molecule has 47 heavy (non-hydrogen) atoms. The van der Waals surface area contributed by atoms with Gasteiger partial charge in [-0.3, -0.25) is 14.4 Å². The highest BCUT2D eigenvalue weighted by atomic mass is 32.1. The molecule has 1 aromatic carbocycles. The van der Waals surface area contributed by atoms with Crippen LogP contribution in [0.4, 0.5) is 0 Å². The molecule has 0 spiro atoms. The molecule has 3 N–H and O–H groups in total. The molecule has 0 radical (unpaired) electrons. The Kier molecular flexibility index (Phi) is 8.35. The van der Waals surface area contributed by atoms with Crippen LogP contribution in [0.15, 0.2) is 77.4 Å². The SMILES string of the molecule is C=C[C@@H]1CC1(NC(=O)[C@@H]1C[C@@H](Oc2nc3ccccc3nc2-c2cccs2)CN1C(=O)[C@@H](NC(=O)c1ccoc1)C(C)(C)C)C(=O)O. The Morgan fingerprint density at radius 3 is 2.49 bits per heavy atom. The number of aliphatic carboxylic acids is 1. The van der Waals surface area contributed by atoms with Crippen LogP contribution in [0.2, 0.25) is 0 Å². The molecule has 0 bridgehead atoms. The summed E-state index contributed by atoms with van der Waals surface area (Å²) in [6.45, 7) is 9.10. The van der Waals surface area contributed by atoms with Crippen LogP contribution in [-0.4, -0.2) is 73.9 Å². The molecule has 2 aliphatic rings. The quantitative estimate of drug-likeness (QED) is 0.211. The van der Waals surface area contributed by atoms with Crippen molar-refractivity contribution >= 4 is 46.1 Å². The minimum atomic E-state index is -1.50. The highest BCUT2D eigenvalue weighted by Gasteiger charge is 2.61. The summed E-state index contributed by atoms with van der Waals surface area (Å²) < 4.78 is 11.5. The highest BCUT2D eigenvalue weighted by Crippen LogP contribution is 2.45. The van der Waals surface area contributed by atoms with E-state index < -0.39 is 58.8 Å². The first-order valence-corrected chi connectivity index (χ1v) is 16.1. The summed E-state index contributed by atoms with van der Waals surface area (Å²) in [6, 6.07) is 10.6. The number of fused-ring (bicyclic) bond motifs is 1. The summed E-state index contributed by atoms with van der Waals surface area (Å²) in [6.07, 6.45) is 3.69. The van der Waals surface area contributed by atoms with Crippen LogP contribution >= 0.6 is 11.3 Å². The summed E-state index contributed by atoms with van der Waals surface area (Å²) in [5.41, 5.74) is -0.190. The first-order valence-electron chi connectivity index (χ1n) is 15.2. The van der Waals surface area contributed by atoms with Crippen molar-refractivity contribution in [1.82, 2.24) is 25.5 Å². The fourth-order valence-corrected chi connectivity index (χ4v) is 6.62. The summed E-state index contributed by atoms with van der Waals surface area (Å²) in [7, 11) is 0. The Balaban J connectivity index is 1.33. The van der Waals surface area contributed by atoms with Gasteiger partial charge in [0.2, 0.25) is 17.7 Å². The average molecular weight is 658 g/mol. The van der Waals surface area contributed by atoms with Gasteiger partial charge in [0.15, 0.2) is 0 Å². The van der Waals surface area contributed by atoms with E-state index in [2.05, 4.69) is 17.2 Å². The molecule has 5 atom stereocenters. The molecule has 244 valence electrons. The minimum Gasteiger partial charge on any atom is -0.479 e. The zero-order valence-electron chi connectivity index (χ0n) is 26.1. The van der Waals surface area contributed by atoms with Crippen LogP contribution in [-0.2, 0) is 14.4 Å². The topological polar surface area (TPSA) is 164 Å². The van der Waals surface area contributed by atoms with E-state index in [1.807, 2.05) is 41.8 Å². The maximum Gasteiger partial charge on any atom is 0.330 e. The average Bonchev–Trinajstić information content (AvgIpc) is 3.54. The highest BCUT2D eigenvalue weighted by molar-refractivity contribution is 7.13. The zero-order chi connectivity index (χ0) is 33.5. The van der Waals surface area contributed by atoms with Crippen molar-refractivity contribution in [3.63, 3.8) is 0 Å². The predicted molar refractivity (Wildman–Crippen MR) is 174 cm³/mol. The van der Waals surface area contributed by atoms with E-state index in [4.69, 9.17) is 19.1 Å². The normalized spacial score (nSPS) is 22.8. The lowest BCUT2D eigenvalue weighted by molar-refractivity contribution is -0.146. The van der Waals surface area contributed by atoms with E-state index in [9.17, 15) is 24.3 Å². The van der Waals surface area contributed by atoms with Gasteiger partial charge in [0.1, 0.15) is 35.7 Å². The molecule has 4 aromatic rings. The zero-order valence-corrected chi connectivity index (χ0v) is 27.0. The second-order valence-electron chi connectivity index (χ2n) is 12.9. The van der Waals surface area contributed by atoms with Crippen LogP contribution in [0.25, 0.3) is 21.6 Å². The number of nitrogens with zero attached hydrogens (tertiary/aromatic N) is 3. The van der Waals surface area contributed by atoms with E-state index in [-0.39, 0.29) is 30.8 Å². The summed E-state index contributed by atoms with van der Waals surface area (Å²) in [5.74, 6) is -3.02. The molecule has 13 heteroatoms. The standard InChI is InChI=1S/C34H35N5O7S/c1-5-20-16-34(20,32(43)44)38-29(41)24-15-21(17-39(24)31(42)27(33(2,3)4)37-28(40)19-12-13-45-18-19)46-30-26(25-11-8-14-47-25)35-22-9-6-7-10-23(22)36-30/h5-14,18,20-21,24,27H,1,15-17H2,2-4H3,(H,37,40)(H,38,41)(H,43,44)/t20-,21-,24+,27-,34?/m1/s1. The smallest absolute Gasteiger partial charge is 0.330 e. The molecule has 1 aliphatic heterocycles. The van der Waals surface area contributed by atoms with Crippen molar-refractivity contribution < 1.29 is 33.4 Å². The lowest BCUT2D eigenvalue weighted by Gasteiger charge is -2.35. The number of hydrogen-bond acceptors (Lipinski definition) is 9. The molecule has 12 nitrogen and oxygen atoms in total. The number of carbonyl (C=O) groups is 4. The lowest BCUT2D eigenvalue weighted by Crippen LogP contribution is -2.59. The van der Waals surface area contributed by atoms with E-state index >= 15 is 0 Å². The molecule has 1 unspecified atom stereocenters. The number of carboxylic acids is 1. The van der Waals surface area contributed by atoms with Crippen molar-refractivity contribution in [3.05, 3.63) is 78.6 Å². The fourth-order valence-electron chi connectivity index (χ4n) is 5.91. The van der Waals surface area contributed by atoms with Crippen molar-refractivity contribution in [3.8, 4) is 16.5 Å². The third kappa shape index (κ3) is 6.22. The number of likely N-dealkylation sites (tertiary alicyclic amines) is 1. The van der Waals surface area contributed by atoms with Gasteiger partial charge < -0.3 is 29.8 Å². The Hall–Kier alpha value is -5.04. The van der Waals surface area contributed by atoms with E-state index in [1.54, 1.807) is 20.8 Å². The first kappa shape index (κ1) is 31.9. The van der Waals surface area contributed by atoms with Gasteiger partial charge in [-0.05, 0) is 41.5 Å².